The minimum Gasteiger partial charge on any atom is -0.508 e. The summed E-state index contributed by atoms with van der Waals surface area (Å²) in [4.78, 5) is 0. The summed E-state index contributed by atoms with van der Waals surface area (Å²) in [6.07, 6.45) is 15.0. The average molecular weight is 403 g/mol. The quantitative estimate of drug-likeness (QED) is 0.331. The number of phenolic OH excluding ortho intramolecular Hbond substituents is 2. The number of aromatic hydroxyl groups is 2. The van der Waals surface area contributed by atoms with Crippen LogP contribution in [0.2, 0.25) is 0 Å². The van der Waals surface area contributed by atoms with Crippen molar-refractivity contribution in [2.45, 2.75) is 90.4 Å². The molecule has 0 saturated carbocycles. The smallest absolute Gasteiger partial charge is 0.122 e. The summed E-state index contributed by atoms with van der Waals surface area (Å²) in [5.74, 6) is 0.357. The molecule has 0 amide bonds. The maximum Gasteiger partial charge on any atom is 0.122 e. The van der Waals surface area contributed by atoms with Crippen molar-refractivity contribution >= 4 is 0 Å². The van der Waals surface area contributed by atoms with Gasteiger partial charge in [0.05, 0.1) is 38.2 Å². The Labute approximate surface area is 176 Å². The molecule has 1 aromatic carbocycles. The van der Waals surface area contributed by atoms with E-state index in [0.717, 1.165) is 18.4 Å². The van der Waals surface area contributed by atoms with Gasteiger partial charge in [0.15, 0.2) is 0 Å². The van der Waals surface area contributed by atoms with Crippen molar-refractivity contribution in [2.75, 3.05) is 13.2 Å². The van der Waals surface area contributed by atoms with Crippen molar-refractivity contribution in [1.82, 2.24) is 0 Å². The summed E-state index contributed by atoms with van der Waals surface area (Å²) in [5, 5.41) is 35.0. The van der Waals surface area contributed by atoms with Gasteiger partial charge in [-0.3, -0.25) is 0 Å². The fourth-order valence-corrected chi connectivity index (χ4v) is 2.90. The molecule has 2 N–H and O–H groups in total. The van der Waals surface area contributed by atoms with Gasteiger partial charge in [0.1, 0.15) is 11.5 Å². The zero-order valence-corrected chi connectivity index (χ0v) is 18.0. The van der Waals surface area contributed by atoms with Gasteiger partial charge in [0.2, 0.25) is 0 Å². The van der Waals surface area contributed by atoms with Crippen LogP contribution < -0.4 is 0 Å². The SMILES string of the molecule is CCCCCCCCCCCCc1ccc(O)cc1O.N#CCCOCCC#N. The average Bonchev–Trinajstić information content (AvgIpc) is 2.71. The number of nitrogens with zero attached hydrogens (tertiary/aromatic N) is 2. The van der Waals surface area contributed by atoms with Gasteiger partial charge in [-0.1, -0.05) is 70.8 Å². The summed E-state index contributed by atoms with van der Waals surface area (Å²) in [6, 6.07) is 8.76. The number of phenols is 2. The molecule has 0 aliphatic heterocycles. The zero-order valence-electron chi connectivity index (χ0n) is 18.0. The lowest BCUT2D eigenvalue weighted by Crippen LogP contribution is -1.93. The molecule has 0 aliphatic rings. The van der Waals surface area contributed by atoms with E-state index in [1.165, 1.54) is 63.9 Å². The van der Waals surface area contributed by atoms with Crippen LogP contribution in [0.1, 0.15) is 89.5 Å². The lowest BCUT2D eigenvalue weighted by atomic mass is 10.0. The lowest BCUT2D eigenvalue weighted by molar-refractivity contribution is 0.145. The van der Waals surface area contributed by atoms with Crippen LogP contribution in [0, 0.1) is 22.7 Å². The molecule has 0 bridgehead atoms. The molecule has 1 rings (SSSR count). The third-order valence-corrected chi connectivity index (χ3v) is 4.58. The zero-order chi connectivity index (χ0) is 21.6. The minimum atomic E-state index is 0.134. The highest BCUT2D eigenvalue weighted by Gasteiger charge is 2.02. The van der Waals surface area contributed by atoms with Gasteiger partial charge in [-0.15, -0.1) is 0 Å². The summed E-state index contributed by atoms with van der Waals surface area (Å²) in [6.45, 7) is 3.14. The molecular weight excluding hydrogens is 364 g/mol. The predicted molar refractivity (Wildman–Crippen MR) is 117 cm³/mol. The Morgan fingerprint density at radius 1 is 0.793 bits per heavy atom. The number of unbranched alkanes of at least 4 members (excludes halogenated alkanes) is 9. The van der Waals surface area contributed by atoms with Gasteiger partial charge < -0.3 is 14.9 Å². The molecule has 0 aliphatic carbocycles. The molecule has 0 unspecified atom stereocenters. The highest BCUT2D eigenvalue weighted by atomic mass is 16.5. The number of hydrogen-bond acceptors (Lipinski definition) is 5. The van der Waals surface area contributed by atoms with Crippen LogP contribution in [0.15, 0.2) is 18.2 Å². The molecule has 5 nitrogen and oxygen atoms in total. The molecule has 0 aromatic heterocycles. The van der Waals surface area contributed by atoms with E-state index in [4.69, 9.17) is 15.3 Å². The molecular formula is C24H38N2O3. The molecule has 0 heterocycles. The number of rotatable bonds is 15. The first kappa shape index (κ1) is 26.8. The third kappa shape index (κ3) is 17.6. The van der Waals surface area contributed by atoms with Crippen LogP contribution in [0.4, 0.5) is 0 Å². The molecule has 0 fully saturated rings. The fourth-order valence-electron chi connectivity index (χ4n) is 2.90. The van der Waals surface area contributed by atoms with Crippen LogP contribution in [0.3, 0.4) is 0 Å². The van der Waals surface area contributed by atoms with Crippen molar-refractivity contribution in [3.05, 3.63) is 23.8 Å². The van der Waals surface area contributed by atoms with Crippen molar-refractivity contribution in [3.8, 4) is 23.6 Å². The molecule has 0 atom stereocenters. The van der Waals surface area contributed by atoms with E-state index >= 15 is 0 Å². The highest BCUT2D eigenvalue weighted by Crippen LogP contribution is 2.24. The Kier molecular flexibility index (Phi) is 18.9. The predicted octanol–water partition coefficient (Wildman–Crippen LogP) is 6.39. The van der Waals surface area contributed by atoms with Gasteiger partial charge in [-0.2, -0.15) is 10.5 Å². The van der Waals surface area contributed by atoms with Crippen LogP contribution in [-0.4, -0.2) is 23.4 Å². The van der Waals surface area contributed by atoms with E-state index in [-0.39, 0.29) is 11.5 Å². The standard InChI is InChI=1S/C18H30O2.C6H8N2O/c1-2-3-4-5-6-7-8-9-10-11-12-16-13-14-17(19)15-18(16)20;7-3-1-5-9-6-2-4-8/h13-15,19-20H,2-12H2,1H3;1-2,5-6H2. The van der Waals surface area contributed by atoms with Gasteiger partial charge in [-0.05, 0) is 24.5 Å². The van der Waals surface area contributed by atoms with Crippen LogP contribution >= 0.6 is 0 Å². The second kappa shape index (κ2) is 20.5. The van der Waals surface area contributed by atoms with Gasteiger partial charge in [0, 0.05) is 6.07 Å². The monoisotopic (exact) mass is 402 g/mol. The van der Waals surface area contributed by atoms with Gasteiger partial charge in [0.25, 0.3) is 0 Å². The fraction of sp³-hybridized carbons (Fsp3) is 0.667. The molecule has 1 aromatic rings. The second-order valence-electron chi connectivity index (χ2n) is 7.17. The van der Waals surface area contributed by atoms with Crippen molar-refractivity contribution in [3.63, 3.8) is 0 Å². The Morgan fingerprint density at radius 3 is 1.79 bits per heavy atom. The topological polar surface area (TPSA) is 97.3 Å². The van der Waals surface area contributed by atoms with Crippen LogP contribution in [-0.2, 0) is 11.2 Å². The highest BCUT2D eigenvalue weighted by molar-refractivity contribution is 5.38. The maximum absolute atomic E-state index is 9.67. The molecule has 0 spiro atoms. The van der Waals surface area contributed by atoms with Gasteiger partial charge >= 0.3 is 0 Å². The Hall–Kier alpha value is -2.24. The van der Waals surface area contributed by atoms with E-state index in [0.29, 0.717) is 26.1 Å². The summed E-state index contributed by atoms with van der Waals surface area (Å²) in [7, 11) is 0. The molecule has 0 radical (unpaired) electrons. The number of ether oxygens (including phenoxy) is 1. The van der Waals surface area contributed by atoms with Crippen LogP contribution in [0.5, 0.6) is 11.5 Å². The Morgan fingerprint density at radius 2 is 1.31 bits per heavy atom. The van der Waals surface area contributed by atoms with E-state index in [2.05, 4.69) is 6.92 Å². The largest absolute Gasteiger partial charge is 0.508 e. The van der Waals surface area contributed by atoms with Crippen molar-refractivity contribution in [1.29, 1.82) is 10.5 Å². The first-order valence-electron chi connectivity index (χ1n) is 11.0. The Bertz CT molecular complexity index is 575. The Balaban J connectivity index is 0.000000734. The first-order valence-corrected chi connectivity index (χ1v) is 11.0. The molecule has 5 heteroatoms. The van der Waals surface area contributed by atoms with E-state index in [9.17, 15) is 10.2 Å². The molecule has 162 valence electrons. The lowest BCUT2D eigenvalue weighted by Gasteiger charge is -2.05. The number of nitriles is 2. The normalized spacial score (nSPS) is 9.90. The second-order valence-corrected chi connectivity index (χ2v) is 7.17. The number of aryl methyl sites for hydroxylation is 1. The maximum atomic E-state index is 9.67. The molecule has 29 heavy (non-hydrogen) atoms. The van der Waals surface area contributed by atoms with E-state index in [1.54, 1.807) is 6.07 Å². The van der Waals surface area contributed by atoms with Crippen molar-refractivity contribution < 1.29 is 14.9 Å². The van der Waals surface area contributed by atoms with Gasteiger partial charge in [-0.25, -0.2) is 0 Å². The van der Waals surface area contributed by atoms with E-state index < -0.39 is 0 Å². The van der Waals surface area contributed by atoms with Crippen LogP contribution in [0.25, 0.3) is 0 Å². The number of hydrogen-bond donors (Lipinski definition) is 2. The summed E-state index contributed by atoms with van der Waals surface area (Å²) >= 11 is 0. The summed E-state index contributed by atoms with van der Waals surface area (Å²) < 4.78 is 4.87. The number of benzene rings is 1. The van der Waals surface area contributed by atoms with E-state index in [1.807, 2.05) is 18.2 Å². The third-order valence-electron chi connectivity index (χ3n) is 4.58. The van der Waals surface area contributed by atoms with Crippen molar-refractivity contribution in [2.24, 2.45) is 0 Å². The first-order chi connectivity index (χ1) is 14.2. The minimum absolute atomic E-state index is 0.134. The summed E-state index contributed by atoms with van der Waals surface area (Å²) in [5.41, 5.74) is 0.947. The molecule has 0 saturated heterocycles.